The van der Waals surface area contributed by atoms with Crippen molar-refractivity contribution in [1.29, 1.82) is 0 Å². The third kappa shape index (κ3) is 3.95. The van der Waals surface area contributed by atoms with Gasteiger partial charge in [-0.1, -0.05) is 0 Å². The first kappa shape index (κ1) is 14.4. The largest absolute Gasteiger partial charge is 0.382 e. The maximum absolute atomic E-state index is 10.7. The topological polar surface area (TPSA) is 99.6 Å². The molecule has 7 nitrogen and oxygen atoms in total. The van der Waals surface area contributed by atoms with Crippen LogP contribution in [0.15, 0.2) is 18.2 Å². The molecule has 0 amide bonds. The number of methoxy groups -OCH3 is 1. The lowest BCUT2D eigenvalue weighted by molar-refractivity contribution is -0.384. The van der Waals surface area contributed by atoms with Gasteiger partial charge in [-0.25, -0.2) is 0 Å². The van der Waals surface area contributed by atoms with E-state index >= 15 is 0 Å². The first-order valence-electron chi connectivity index (χ1n) is 5.43. The third-order valence-corrected chi connectivity index (χ3v) is 2.38. The lowest BCUT2D eigenvalue weighted by Gasteiger charge is -2.14. The maximum Gasteiger partial charge on any atom is 0.269 e. The smallest absolute Gasteiger partial charge is 0.269 e. The molecule has 100 valence electrons. The highest BCUT2D eigenvalue weighted by Gasteiger charge is 2.11. The summed E-state index contributed by atoms with van der Waals surface area (Å²) in [6.45, 7) is 2.54. The molecular formula is C11H17N3O4. The predicted molar refractivity (Wildman–Crippen MR) is 67.0 cm³/mol. The molecule has 0 saturated carbocycles. The van der Waals surface area contributed by atoms with Crippen molar-refractivity contribution in [2.75, 3.05) is 19.1 Å². The number of rotatable bonds is 7. The Hall–Kier alpha value is -1.70. The average Bonchev–Trinajstić information content (AvgIpc) is 2.36. The molecule has 0 aliphatic rings. The van der Waals surface area contributed by atoms with E-state index in [0.29, 0.717) is 17.9 Å². The quantitative estimate of drug-likeness (QED) is 0.434. The number of hydrogen-bond acceptors (Lipinski definition) is 6. The number of ether oxygens (including phenoxy) is 2. The van der Waals surface area contributed by atoms with Gasteiger partial charge in [0.1, 0.15) is 0 Å². The van der Waals surface area contributed by atoms with Crippen LogP contribution in [0.5, 0.6) is 0 Å². The van der Waals surface area contributed by atoms with E-state index in [4.69, 9.17) is 15.3 Å². The second-order valence-electron chi connectivity index (χ2n) is 3.82. The summed E-state index contributed by atoms with van der Waals surface area (Å²) in [6, 6.07) is 4.38. The molecule has 7 heteroatoms. The van der Waals surface area contributed by atoms with Gasteiger partial charge in [-0.3, -0.25) is 16.0 Å². The minimum absolute atomic E-state index is 0.00648. The van der Waals surface area contributed by atoms with Crippen molar-refractivity contribution in [3.8, 4) is 0 Å². The minimum Gasteiger partial charge on any atom is -0.382 e. The lowest BCUT2D eigenvalue weighted by Crippen LogP contribution is -2.16. The predicted octanol–water partition coefficient (Wildman–Crippen LogP) is 1.43. The molecule has 1 aromatic rings. The van der Waals surface area contributed by atoms with E-state index in [-0.39, 0.29) is 18.4 Å². The molecule has 0 aliphatic heterocycles. The van der Waals surface area contributed by atoms with Crippen LogP contribution in [-0.4, -0.2) is 24.7 Å². The number of nitrogen functional groups attached to an aromatic ring is 1. The molecule has 0 aromatic heterocycles. The van der Waals surface area contributed by atoms with Gasteiger partial charge in [0.25, 0.3) is 5.69 Å². The standard InChI is InChI=1S/C11H17N3O4/c1-8(6-17-2)18-7-9-5-10(14(15)16)3-4-11(9)13-12/h3-5,8,13H,6-7,12H2,1-2H3. The SMILES string of the molecule is COCC(C)OCc1cc([N+](=O)[O-])ccc1NN. The van der Waals surface area contributed by atoms with Crippen LogP contribution in [0.4, 0.5) is 11.4 Å². The van der Waals surface area contributed by atoms with Gasteiger partial charge >= 0.3 is 0 Å². The fourth-order valence-corrected chi connectivity index (χ4v) is 1.47. The lowest BCUT2D eigenvalue weighted by atomic mass is 10.1. The third-order valence-electron chi connectivity index (χ3n) is 2.38. The summed E-state index contributed by atoms with van der Waals surface area (Å²) in [5.74, 6) is 5.34. The van der Waals surface area contributed by atoms with Crippen molar-refractivity contribution in [1.82, 2.24) is 0 Å². The fraction of sp³-hybridized carbons (Fsp3) is 0.455. The highest BCUT2D eigenvalue weighted by molar-refractivity contribution is 5.55. The van der Waals surface area contributed by atoms with Gasteiger partial charge in [-0.2, -0.15) is 0 Å². The fourth-order valence-electron chi connectivity index (χ4n) is 1.47. The summed E-state index contributed by atoms with van der Waals surface area (Å²) in [6.07, 6.45) is -0.0973. The summed E-state index contributed by atoms with van der Waals surface area (Å²) in [5.41, 5.74) is 3.73. The van der Waals surface area contributed by atoms with E-state index < -0.39 is 4.92 Å². The summed E-state index contributed by atoms with van der Waals surface area (Å²) < 4.78 is 10.4. The molecule has 0 heterocycles. The van der Waals surface area contributed by atoms with Gasteiger partial charge in [0.2, 0.25) is 0 Å². The number of hydrazine groups is 1. The number of nitrogens with two attached hydrogens (primary N) is 1. The highest BCUT2D eigenvalue weighted by atomic mass is 16.6. The zero-order valence-electron chi connectivity index (χ0n) is 10.4. The summed E-state index contributed by atoms with van der Waals surface area (Å²) in [7, 11) is 1.58. The van der Waals surface area contributed by atoms with Crippen molar-refractivity contribution in [2.24, 2.45) is 5.84 Å². The van der Waals surface area contributed by atoms with Gasteiger partial charge < -0.3 is 14.9 Å². The zero-order valence-corrected chi connectivity index (χ0v) is 10.4. The molecule has 0 radical (unpaired) electrons. The molecule has 0 fully saturated rings. The Kier molecular flexibility index (Phi) is 5.50. The van der Waals surface area contributed by atoms with Crippen molar-refractivity contribution >= 4 is 11.4 Å². The van der Waals surface area contributed by atoms with Crippen LogP contribution in [0.3, 0.4) is 0 Å². The van der Waals surface area contributed by atoms with Crippen molar-refractivity contribution in [3.63, 3.8) is 0 Å². The number of nitrogens with one attached hydrogen (secondary N) is 1. The second-order valence-corrected chi connectivity index (χ2v) is 3.82. The Morgan fingerprint density at radius 3 is 2.83 bits per heavy atom. The molecule has 0 saturated heterocycles. The molecule has 0 spiro atoms. The Morgan fingerprint density at radius 1 is 1.56 bits per heavy atom. The number of benzene rings is 1. The van der Waals surface area contributed by atoms with Crippen molar-refractivity contribution < 1.29 is 14.4 Å². The van der Waals surface area contributed by atoms with Gasteiger partial charge in [0.05, 0.1) is 29.9 Å². The number of anilines is 1. The van der Waals surface area contributed by atoms with Gasteiger partial charge in [-0.05, 0) is 13.0 Å². The number of nitrogens with zero attached hydrogens (tertiary/aromatic N) is 1. The van der Waals surface area contributed by atoms with Gasteiger partial charge in [-0.15, -0.1) is 0 Å². The van der Waals surface area contributed by atoms with Crippen LogP contribution in [-0.2, 0) is 16.1 Å². The zero-order chi connectivity index (χ0) is 13.5. The van der Waals surface area contributed by atoms with Crippen LogP contribution < -0.4 is 11.3 Å². The molecule has 0 aliphatic carbocycles. The monoisotopic (exact) mass is 255 g/mol. The van der Waals surface area contributed by atoms with Gasteiger partial charge in [0, 0.05) is 24.8 Å². The second kappa shape index (κ2) is 6.90. The van der Waals surface area contributed by atoms with Gasteiger partial charge in [0.15, 0.2) is 0 Å². The average molecular weight is 255 g/mol. The minimum atomic E-state index is -0.456. The summed E-state index contributed by atoms with van der Waals surface area (Å²) >= 11 is 0. The van der Waals surface area contributed by atoms with E-state index in [2.05, 4.69) is 5.43 Å². The van der Waals surface area contributed by atoms with E-state index in [0.717, 1.165) is 0 Å². The number of nitro groups is 1. The first-order chi connectivity index (χ1) is 8.58. The van der Waals surface area contributed by atoms with Crippen molar-refractivity contribution in [2.45, 2.75) is 19.6 Å². The number of non-ortho nitro benzene ring substituents is 1. The Bertz CT molecular complexity index is 411. The van der Waals surface area contributed by atoms with Crippen LogP contribution >= 0.6 is 0 Å². The van der Waals surface area contributed by atoms with E-state index in [1.165, 1.54) is 12.1 Å². The molecule has 3 N–H and O–H groups in total. The van der Waals surface area contributed by atoms with Crippen LogP contribution in [0.25, 0.3) is 0 Å². The molecule has 1 aromatic carbocycles. The maximum atomic E-state index is 10.7. The molecule has 1 rings (SSSR count). The first-order valence-corrected chi connectivity index (χ1v) is 5.43. The number of nitro benzene ring substituents is 1. The van der Waals surface area contributed by atoms with E-state index in [9.17, 15) is 10.1 Å². The van der Waals surface area contributed by atoms with E-state index in [1.807, 2.05) is 6.92 Å². The van der Waals surface area contributed by atoms with Crippen LogP contribution in [0.1, 0.15) is 12.5 Å². The van der Waals surface area contributed by atoms with Crippen LogP contribution in [0.2, 0.25) is 0 Å². The Balaban J connectivity index is 2.78. The Morgan fingerprint density at radius 2 is 2.28 bits per heavy atom. The van der Waals surface area contributed by atoms with Crippen molar-refractivity contribution in [3.05, 3.63) is 33.9 Å². The Labute approximate surface area is 105 Å². The molecular weight excluding hydrogens is 238 g/mol. The molecule has 18 heavy (non-hydrogen) atoms. The number of hydrogen-bond donors (Lipinski definition) is 2. The molecule has 0 bridgehead atoms. The molecule has 1 atom stereocenters. The normalized spacial score (nSPS) is 12.2. The highest BCUT2D eigenvalue weighted by Crippen LogP contribution is 2.22. The summed E-state index contributed by atoms with van der Waals surface area (Å²) in [4.78, 5) is 10.2. The summed E-state index contributed by atoms with van der Waals surface area (Å²) in [5, 5.41) is 10.7. The van der Waals surface area contributed by atoms with E-state index in [1.54, 1.807) is 13.2 Å². The van der Waals surface area contributed by atoms with Crippen LogP contribution in [0, 0.1) is 10.1 Å². The molecule has 1 unspecified atom stereocenters.